The lowest BCUT2D eigenvalue weighted by Gasteiger charge is -2.19. The van der Waals surface area contributed by atoms with Crippen molar-refractivity contribution in [3.63, 3.8) is 0 Å². The van der Waals surface area contributed by atoms with Crippen LogP contribution in [0.2, 0.25) is 0 Å². The minimum atomic E-state index is 0.703. The Hall–Kier alpha value is -2.08. The van der Waals surface area contributed by atoms with Gasteiger partial charge in [-0.1, -0.05) is 6.07 Å². The van der Waals surface area contributed by atoms with E-state index in [-0.39, 0.29) is 0 Å². The second-order valence-electron chi connectivity index (χ2n) is 5.50. The van der Waals surface area contributed by atoms with Gasteiger partial charge in [-0.25, -0.2) is 4.98 Å². The number of aromatic nitrogens is 1. The molecule has 5 nitrogen and oxygen atoms in total. The number of thiophene rings is 1. The molecule has 0 spiro atoms. The zero-order valence-corrected chi connectivity index (χ0v) is 15.8. The first-order valence-corrected chi connectivity index (χ1v) is 9.23. The quantitative estimate of drug-likeness (QED) is 0.598. The van der Waals surface area contributed by atoms with E-state index in [0.29, 0.717) is 6.54 Å². The molecule has 130 valence electrons. The topological polar surface area (TPSA) is 52.5 Å². The first-order chi connectivity index (χ1) is 11.7. The average Bonchev–Trinajstić information content (AvgIpc) is 3.02. The van der Waals surface area contributed by atoms with Gasteiger partial charge in [-0.2, -0.15) is 0 Å². The number of aliphatic imine (C=N–C) groups is 1. The second-order valence-corrected chi connectivity index (χ2v) is 6.50. The van der Waals surface area contributed by atoms with Crippen molar-refractivity contribution in [3.05, 3.63) is 45.8 Å². The number of hydrogen-bond donors (Lipinski definition) is 2. The van der Waals surface area contributed by atoms with Gasteiger partial charge in [0, 0.05) is 37.8 Å². The van der Waals surface area contributed by atoms with Crippen LogP contribution in [0.5, 0.6) is 0 Å². The Bertz CT molecular complexity index is 644. The van der Waals surface area contributed by atoms with Crippen LogP contribution in [0.4, 0.5) is 5.82 Å². The monoisotopic (exact) mass is 345 g/mol. The fourth-order valence-electron chi connectivity index (χ4n) is 2.41. The molecule has 0 saturated heterocycles. The van der Waals surface area contributed by atoms with Crippen LogP contribution >= 0.6 is 11.3 Å². The fraction of sp³-hybridized carbons (Fsp3) is 0.444. The molecule has 0 aliphatic carbocycles. The van der Waals surface area contributed by atoms with Crippen molar-refractivity contribution in [2.24, 2.45) is 4.99 Å². The summed E-state index contributed by atoms with van der Waals surface area (Å²) in [7, 11) is 1.79. The molecule has 0 aliphatic heterocycles. The second kappa shape index (κ2) is 9.27. The Morgan fingerprint density at radius 3 is 2.46 bits per heavy atom. The normalized spacial score (nSPS) is 11.4. The molecule has 2 rings (SSSR count). The van der Waals surface area contributed by atoms with Gasteiger partial charge in [0.15, 0.2) is 5.96 Å². The standard InChI is InChI=1S/C18H27N5S/c1-5-23(6-2)17-8-7-15(11-20-17)12-21-18(19-4)22-13-16-14(3)9-10-24-16/h7-11H,5-6,12-13H2,1-4H3,(H2,19,21,22). The first kappa shape index (κ1) is 18.3. The number of nitrogens with one attached hydrogen (secondary N) is 2. The molecule has 2 aromatic heterocycles. The maximum absolute atomic E-state index is 4.55. The Morgan fingerprint density at radius 2 is 1.92 bits per heavy atom. The summed E-state index contributed by atoms with van der Waals surface area (Å²) in [4.78, 5) is 12.4. The van der Waals surface area contributed by atoms with Gasteiger partial charge in [0.1, 0.15) is 5.82 Å². The predicted octanol–water partition coefficient (Wildman–Crippen LogP) is 3.16. The molecule has 2 N–H and O–H groups in total. The van der Waals surface area contributed by atoms with Gasteiger partial charge in [0.05, 0.1) is 6.54 Å². The maximum atomic E-state index is 4.55. The van der Waals surface area contributed by atoms with Gasteiger partial charge < -0.3 is 15.5 Å². The van der Waals surface area contributed by atoms with E-state index < -0.39 is 0 Å². The third kappa shape index (κ3) is 4.96. The highest BCUT2D eigenvalue weighted by Gasteiger charge is 2.05. The Balaban J connectivity index is 1.85. The van der Waals surface area contributed by atoms with E-state index in [4.69, 9.17) is 0 Å². The maximum Gasteiger partial charge on any atom is 0.191 e. The lowest BCUT2D eigenvalue weighted by atomic mass is 10.2. The highest BCUT2D eigenvalue weighted by molar-refractivity contribution is 7.10. The summed E-state index contributed by atoms with van der Waals surface area (Å²) in [5.74, 6) is 1.83. The predicted molar refractivity (Wildman–Crippen MR) is 104 cm³/mol. The Morgan fingerprint density at radius 1 is 1.17 bits per heavy atom. The molecule has 24 heavy (non-hydrogen) atoms. The smallest absolute Gasteiger partial charge is 0.191 e. The van der Waals surface area contributed by atoms with E-state index in [0.717, 1.165) is 37.0 Å². The lowest BCUT2D eigenvalue weighted by Crippen LogP contribution is -2.36. The van der Waals surface area contributed by atoms with Gasteiger partial charge in [-0.05, 0) is 49.4 Å². The van der Waals surface area contributed by atoms with Crippen molar-refractivity contribution in [2.45, 2.75) is 33.9 Å². The van der Waals surface area contributed by atoms with Crippen LogP contribution in [-0.2, 0) is 13.1 Å². The highest BCUT2D eigenvalue weighted by atomic mass is 32.1. The van der Waals surface area contributed by atoms with Gasteiger partial charge in [0.2, 0.25) is 0 Å². The SMILES string of the molecule is CCN(CC)c1ccc(CNC(=NC)NCc2sccc2C)cn1. The van der Waals surface area contributed by atoms with Crippen molar-refractivity contribution in [1.29, 1.82) is 0 Å². The zero-order chi connectivity index (χ0) is 17.4. The van der Waals surface area contributed by atoms with Crippen LogP contribution in [0, 0.1) is 6.92 Å². The number of hydrogen-bond acceptors (Lipinski definition) is 4. The van der Waals surface area contributed by atoms with Crippen LogP contribution in [0.25, 0.3) is 0 Å². The summed E-state index contributed by atoms with van der Waals surface area (Å²) in [6.45, 7) is 9.86. The molecule has 0 fully saturated rings. The first-order valence-electron chi connectivity index (χ1n) is 8.35. The summed E-state index contributed by atoms with van der Waals surface area (Å²) in [5.41, 5.74) is 2.46. The number of anilines is 1. The molecule has 2 aromatic rings. The van der Waals surface area contributed by atoms with E-state index in [1.165, 1.54) is 10.4 Å². The third-order valence-corrected chi connectivity index (χ3v) is 4.99. The highest BCUT2D eigenvalue weighted by Crippen LogP contribution is 2.14. The summed E-state index contributed by atoms with van der Waals surface area (Å²) in [6, 6.07) is 6.33. The van der Waals surface area contributed by atoms with Gasteiger partial charge in [-0.3, -0.25) is 4.99 Å². The minimum Gasteiger partial charge on any atom is -0.357 e. The van der Waals surface area contributed by atoms with Crippen molar-refractivity contribution in [1.82, 2.24) is 15.6 Å². The molecule has 0 saturated carbocycles. The van der Waals surface area contributed by atoms with Gasteiger partial charge in [0.25, 0.3) is 0 Å². The van der Waals surface area contributed by atoms with Crippen molar-refractivity contribution in [2.75, 3.05) is 25.0 Å². The molecule has 0 aliphatic rings. The molecule has 0 unspecified atom stereocenters. The van der Waals surface area contributed by atoms with Crippen LogP contribution in [-0.4, -0.2) is 31.1 Å². The summed E-state index contributed by atoms with van der Waals surface area (Å²) >= 11 is 1.77. The largest absolute Gasteiger partial charge is 0.357 e. The molecule has 0 bridgehead atoms. The number of nitrogens with zero attached hydrogens (tertiary/aromatic N) is 3. The zero-order valence-electron chi connectivity index (χ0n) is 15.0. The lowest BCUT2D eigenvalue weighted by molar-refractivity contribution is 0.806. The van der Waals surface area contributed by atoms with Crippen molar-refractivity contribution >= 4 is 23.1 Å². The van der Waals surface area contributed by atoms with Crippen LogP contribution in [0.3, 0.4) is 0 Å². The van der Waals surface area contributed by atoms with E-state index in [9.17, 15) is 0 Å². The number of pyridine rings is 1. The molecule has 0 aromatic carbocycles. The van der Waals surface area contributed by atoms with E-state index in [1.54, 1.807) is 18.4 Å². The van der Waals surface area contributed by atoms with Crippen molar-refractivity contribution in [3.8, 4) is 0 Å². The van der Waals surface area contributed by atoms with Crippen molar-refractivity contribution < 1.29 is 0 Å². The molecule has 0 radical (unpaired) electrons. The average molecular weight is 346 g/mol. The van der Waals surface area contributed by atoms with Crippen LogP contribution in [0.15, 0.2) is 34.8 Å². The summed E-state index contributed by atoms with van der Waals surface area (Å²) in [6.07, 6.45) is 1.93. The fourth-order valence-corrected chi connectivity index (χ4v) is 3.26. The Kier molecular flexibility index (Phi) is 7.06. The van der Waals surface area contributed by atoms with E-state index >= 15 is 0 Å². The molecule has 2 heterocycles. The number of aryl methyl sites for hydroxylation is 1. The molecule has 6 heteroatoms. The van der Waals surface area contributed by atoms with Gasteiger partial charge >= 0.3 is 0 Å². The number of rotatable bonds is 7. The molecular weight excluding hydrogens is 318 g/mol. The van der Waals surface area contributed by atoms with Crippen LogP contribution < -0.4 is 15.5 Å². The molecular formula is C18H27N5S. The summed E-state index contributed by atoms with van der Waals surface area (Å²) in [5, 5.41) is 8.80. The third-order valence-electron chi connectivity index (χ3n) is 3.96. The van der Waals surface area contributed by atoms with E-state index in [1.807, 2.05) is 6.20 Å². The summed E-state index contributed by atoms with van der Waals surface area (Å²) < 4.78 is 0. The minimum absolute atomic E-state index is 0.703. The van der Waals surface area contributed by atoms with E-state index in [2.05, 4.69) is 69.9 Å². The molecule has 0 amide bonds. The molecule has 0 atom stereocenters. The van der Waals surface area contributed by atoms with Crippen LogP contribution in [0.1, 0.15) is 29.9 Å². The Labute approximate surface area is 148 Å². The van der Waals surface area contributed by atoms with Gasteiger partial charge in [-0.15, -0.1) is 11.3 Å². The number of guanidine groups is 1.